The van der Waals surface area contributed by atoms with Gasteiger partial charge in [-0.25, -0.2) is 9.97 Å². The van der Waals surface area contributed by atoms with E-state index in [1.165, 1.54) is 0 Å². The van der Waals surface area contributed by atoms with Crippen molar-refractivity contribution in [3.05, 3.63) is 42.6 Å². The quantitative estimate of drug-likeness (QED) is 0.694. The van der Waals surface area contributed by atoms with Crippen molar-refractivity contribution >= 4 is 11.9 Å². The first-order valence-electron chi connectivity index (χ1n) is 8.06. The van der Waals surface area contributed by atoms with E-state index >= 15 is 0 Å². The van der Waals surface area contributed by atoms with E-state index in [4.69, 9.17) is 9.15 Å². The number of hydrogen-bond acceptors (Lipinski definition) is 6. The maximum atomic E-state index is 12.1. The highest BCUT2D eigenvalue weighted by molar-refractivity contribution is 5.76. The fourth-order valence-corrected chi connectivity index (χ4v) is 2.05. The SMILES string of the molecule is CC(C)COC[C@@H](NC(=O)CCNc1ncccn1)c1ccco1. The lowest BCUT2D eigenvalue weighted by atomic mass is 10.2. The van der Waals surface area contributed by atoms with Crippen LogP contribution in [0.1, 0.15) is 32.1 Å². The van der Waals surface area contributed by atoms with Crippen molar-refractivity contribution in [3.8, 4) is 0 Å². The molecule has 0 unspecified atom stereocenters. The summed E-state index contributed by atoms with van der Waals surface area (Å²) in [6.45, 7) is 5.63. The third-order valence-corrected chi connectivity index (χ3v) is 3.16. The number of amides is 1. The van der Waals surface area contributed by atoms with E-state index in [0.29, 0.717) is 43.8 Å². The van der Waals surface area contributed by atoms with E-state index in [9.17, 15) is 4.79 Å². The van der Waals surface area contributed by atoms with Gasteiger partial charge in [-0.15, -0.1) is 0 Å². The molecule has 0 radical (unpaired) electrons. The Morgan fingerprint density at radius 3 is 2.71 bits per heavy atom. The Labute approximate surface area is 141 Å². The van der Waals surface area contributed by atoms with Gasteiger partial charge >= 0.3 is 0 Å². The molecule has 1 atom stereocenters. The van der Waals surface area contributed by atoms with Gasteiger partial charge in [0.15, 0.2) is 0 Å². The molecule has 0 bridgehead atoms. The topological polar surface area (TPSA) is 89.3 Å². The molecule has 0 saturated heterocycles. The third-order valence-electron chi connectivity index (χ3n) is 3.16. The van der Waals surface area contributed by atoms with Crippen LogP contribution in [-0.4, -0.2) is 35.6 Å². The molecular weight excluding hydrogens is 308 g/mol. The molecule has 24 heavy (non-hydrogen) atoms. The van der Waals surface area contributed by atoms with E-state index in [-0.39, 0.29) is 11.9 Å². The van der Waals surface area contributed by atoms with Gasteiger partial charge in [0.2, 0.25) is 11.9 Å². The predicted octanol–water partition coefficient (Wildman–Crippen LogP) is 2.40. The van der Waals surface area contributed by atoms with E-state index in [2.05, 4.69) is 34.4 Å². The molecule has 0 aliphatic rings. The van der Waals surface area contributed by atoms with Crippen LogP contribution in [0.4, 0.5) is 5.95 Å². The number of furan rings is 1. The summed E-state index contributed by atoms with van der Waals surface area (Å²) in [7, 11) is 0. The molecule has 2 heterocycles. The van der Waals surface area contributed by atoms with E-state index in [1.54, 1.807) is 30.8 Å². The third kappa shape index (κ3) is 6.37. The minimum absolute atomic E-state index is 0.0898. The normalized spacial score (nSPS) is 12.1. The summed E-state index contributed by atoms with van der Waals surface area (Å²) in [6.07, 6.45) is 5.19. The zero-order valence-electron chi connectivity index (χ0n) is 14.1. The average Bonchev–Trinajstić information content (AvgIpc) is 3.09. The second-order valence-electron chi connectivity index (χ2n) is 5.82. The van der Waals surface area contributed by atoms with Crippen LogP contribution in [-0.2, 0) is 9.53 Å². The van der Waals surface area contributed by atoms with E-state index in [1.807, 2.05) is 6.07 Å². The molecule has 0 fully saturated rings. The summed E-state index contributed by atoms with van der Waals surface area (Å²) in [5.41, 5.74) is 0. The summed E-state index contributed by atoms with van der Waals surface area (Å²) in [6, 6.07) is 5.08. The van der Waals surface area contributed by atoms with Crippen LogP contribution in [0.25, 0.3) is 0 Å². The Kier molecular flexibility index (Phi) is 7.22. The van der Waals surface area contributed by atoms with E-state index < -0.39 is 0 Å². The Balaban J connectivity index is 1.78. The summed E-state index contributed by atoms with van der Waals surface area (Å²) in [4.78, 5) is 20.2. The number of ether oxygens (including phenoxy) is 1. The van der Waals surface area contributed by atoms with Crippen molar-refractivity contribution in [1.29, 1.82) is 0 Å². The van der Waals surface area contributed by atoms with Gasteiger partial charge in [0.05, 0.1) is 12.9 Å². The number of hydrogen-bond donors (Lipinski definition) is 2. The summed E-state index contributed by atoms with van der Waals surface area (Å²) in [5, 5.41) is 5.94. The fraction of sp³-hybridized carbons (Fsp3) is 0.471. The van der Waals surface area contributed by atoms with Crippen LogP contribution < -0.4 is 10.6 Å². The zero-order valence-corrected chi connectivity index (χ0v) is 14.1. The maximum absolute atomic E-state index is 12.1. The minimum Gasteiger partial charge on any atom is -0.467 e. The predicted molar refractivity (Wildman–Crippen MR) is 90.4 cm³/mol. The number of carbonyl (C=O) groups is 1. The number of anilines is 1. The Morgan fingerprint density at radius 2 is 2.04 bits per heavy atom. The highest BCUT2D eigenvalue weighted by Gasteiger charge is 2.17. The largest absolute Gasteiger partial charge is 0.467 e. The van der Waals surface area contributed by atoms with Gasteiger partial charge in [-0.1, -0.05) is 13.8 Å². The van der Waals surface area contributed by atoms with Crippen LogP contribution in [0.15, 0.2) is 41.3 Å². The van der Waals surface area contributed by atoms with Crippen molar-refractivity contribution < 1.29 is 13.9 Å². The molecule has 0 aliphatic heterocycles. The second kappa shape index (κ2) is 9.67. The number of rotatable bonds is 10. The molecule has 2 aromatic rings. The first-order valence-corrected chi connectivity index (χ1v) is 8.06. The summed E-state index contributed by atoms with van der Waals surface area (Å²) < 4.78 is 11.0. The Morgan fingerprint density at radius 1 is 1.25 bits per heavy atom. The van der Waals surface area contributed by atoms with Gasteiger partial charge in [-0.3, -0.25) is 4.79 Å². The number of nitrogens with one attached hydrogen (secondary N) is 2. The van der Waals surface area contributed by atoms with Crippen molar-refractivity contribution in [2.45, 2.75) is 26.3 Å². The smallest absolute Gasteiger partial charge is 0.222 e. The standard InChI is InChI=1S/C17H24N4O3/c1-13(2)11-23-12-14(15-5-3-10-24-15)21-16(22)6-9-20-17-18-7-4-8-19-17/h3-5,7-8,10,13-14H,6,9,11-12H2,1-2H3,(H,21,22)(H,18,19,20)/t14-/m1/s1. The monoisotopic (exact) mass is 332 g/mol. The first kappa shape index (κ1) is 17.9. The molecule has 0 spiro atoms. The molecule has 2 N–H and O–H groups in total. The molecule has 0 aliphatic carbocycles. The number of carbonyl (C=O) groups excluding carboxylic acids is 1. The molecular formula is C17H24N4O3. The lowest BCUT2D eigenvalue weighted by molar-refractivity contribution is -0.122. The van der Waals surface area contributed by atoms with Crippen molar-refractivity contribution in [2.75, 3.05) is 25.1 Å². The molecule has 7 nitrogen and oxygen atoms in total. The molecule has 2 rings (SSSR count). The first-order chi connectivity index (χ1) is 11.6. The molecule has 7 heteroatoms. The van der Waals surface area contributed by atoms with Gasteiger partial charge in [0, 0.05) is 32.0 Å². The highest BCUT2D eigenvalue weighted by atomic mass is 16.5. The van der Waals surface area contributed by atoms with Crippen LogP contribution in [0.3, 0.4) is 0 Å². The average molecular weight is 332 g/mol. The van der Waals surface area contributed by atoms with Crippen molar-refractivity contribution in [1.82, 2.24) is 15.3 Å². The van der Waals surface area contributed by atoms with E-state index in [0.717, 1.165) is 0 Å². The molecule has 0 aromatic carbocycles. The van der Waals surface area contributed by atoms with Gasteiger partial charge < -0.3 is 19.8 Å². The lowest BCUT2D eigenvalue weighted by Gasteiger charge is -2.18. The van der Waals surface area contributed by atoms with Crippen molar-refractivity contribution in [2.24, 2.45) is 5.92 Å². The van der Waals surface area contributed by atoms with Crippen LogP contribution >= 0.6 is 0 Å². The maximum Gasteiger partial charge on any atom is 0.222 e. The van der Waals surface area contributed by atoms with Gasteiger partial charge in [0.25, 0.3) is 0 Å². The summed E-state index contributed by atoms with van der Waals surface area (Å²) in [5.74, 6) is 1.54. The number of aromatic nitrogens is 2. The van der Waals surface area contributed by atoms with Crippen LogP contribution in [0.5, 0.6) is 0 Å². The molecule has 1 amide bonds. The van der Waals surface area contributed by atoms with Gasteiger partial charge in [-0.2, -0.15) is 0 Å². The van der Waals surface area contributed by atoms with Crippen LogP contribution in [0, 0.1) is 5.92 Å². The molecule has 130 valence electrons. The summed E-state index contributed by atoms with van der Waals surface area (Å²) >= 11 is 0. The molecule has 2 aromatic heterocycles. The van der Waals surface area contributed by atoms with Crippen LogP contribution in [0.2, 0.25) is 0 Å². The zero-order chi connectivity index (χ0) is 17.2. The molecule has 0 saturated carbocycles. The lowest BCUT2D eigenvalue weighted by Crippen LogP contribution is -2.32. The Bertz CT molecular complexity index is 587. The fourth-order valence-electron chi connectivity index (χ4n) is 2.05. The Hall–Kier alpha value is -2.41. The minimum atomic E-state index is -0.292. The number of nitrogens with zero attached hydrogens (tertiary/aromatic N) is 2. The van der Waals surface area contributed by atoms with Gasteiger partial charge in [0.1, 0.15) is 11.8 Å². The highest BCUT2D eigenvalue weighted by Crippen LogP contribution is 2.14. The van der Waals surface area contributed by atoms with Crippen molar-refractivity contribution in [3.63, 3.8) is 0 Å². The second-order valence-corrected chi connectivity index (χ2v) is 5.82. The van der Waals surface area contributed by atoms with Gasteiger partial charge in [-0.05, 0) is 24.1 Å².